The van der Waals surface area contributed by atoms with Crippen LogP contribution in [0.2, 0.25) is 0 Å². The predicted molar refractivity (Wildman–Crippen MR) is 229 cm³/mol. The van der Waals surface area contributed by atoms with E-state index in [0.717, 1.165) is 75.5 Å². The molecule has 2 atom stereocenters. The molecule has 0 spiro atoms. The highest BCUT2D eigenvalue weighted by Crippen LogP contribution is 2.17. The Morgan fingerprint density at radius 3 is 0.963 bits per heavy atom. The number of carbonyl (C=O) groups is 3. The smallest absolute Gasteiger partial charge is 0.306 e. The van der Waals surface area contributed by atoms with E-state index in [9.17, 15) is 14.4 Å². The third kappa shape index (κ3) is 40.1. The van der Waals surface area contributed by atoms with Gasteiger partial charge in [-0.2, -0.15) is 0 Å². The second kappa shape index (κ2) is 39.6. The summed E-state index contributed by atoms with van der Waals surface area (Å²) in [4.78, 5) is 37.8. The third-order valence-corrected chi connectivity index (χ3v) is 11.0. The molecule has 0 radical (unpaired) electrons. The molecule has 0 fully saturated rings. The molecule has 0 bridgehead atoms. The summed E-state index contributed by atoms with van der Waals surface area (Å²) in [6.07, 6.45) is 36.6. The summed E-state index contributed by atoms with van der Waals surface area (Å²) in [6.45, 7) is 13.6. The Morgan fingerprint density at radius 1 is 0.370 bits per heavy atom. The third-order valence-electron chi connectivity index (χ3n) is 11.0. The molecular formula is C48H92O6. The fraction of sp³-hybridized carbons (Fsp3) is 0.938. The molecule has 1 unspecified atom stereocenters. The SMILES string of the molecule is CCC(C)CCCCCCCCC(=O)OC[C@H](COC(=O)CCCCCCCCCCCC(C)C)OC(=O)CCCCCCCCCCCCCC(C)C. The van der Waals surface area contributed by atoms with Gasteiger partial charge in [-0.05, 0) is 37.0 Å². The van der Waals surface area contributed by atoms with Gasteiger partial charge in [0.1, 0.15) is 13.2 Å². The van der Waals surface area contributed by atoms with Gasteiger partial charge in [-0.3, -0.25) is 14.4 Å². The fourth-order valence-corrected chi connectivity index (χ4v) is 7.02. The number of unbranched alkanes of at least 4 members (excludes halogenated alkanes) is 23. The van der Waals surface area contributed by atoms with Crippen LogP contribution in [0.4, 0.5) is 0 Å². The minimum atomic E-state index is -0.762. The van der Waals surface area contributed by atoms with Crippen molar-refractivity contribution in [2.75, 3.05) is 13.2 Å². The summed E-state index contributed by atoms with van der Waals surface area (Å²) in [6, 6.07) is 0. The van der Waals surface area contributed by atoms with Crippen LogP contribution in [0.25, 0.3) is 0 Å². The van der Waals surface area contributed by atoms with Crippen LogP contribution in [0.3, 0.4) is 0 Å². The maximum Gasteiger partial charge on any atom is 0.306 e. The van der Waals surface area contributed by atoms with Crippen molar-refractivity contribution < 1.29 is 28.6 Å². The van der Waals surface area contributed by atoms with E-state index in [-0.39, 0.29) is 31.1 Å². The van der Waals surface area contributed by atoms with Gasteiger partial charge < -0.3 is 14.2 Å². The first-order valence-electron chi connectivity index (χ1n) is 23.6. The van der Waals surface area contributed by atoms with Gasteiger partial charge in [0.2, 0.25) is 0 Å². The number of hydrogen-bond donors (Lipinski definition) is 0. The van der Waals surface area contributed by atoms with Crippen molar-refractivity contribution in [3.05, 3.63) is 0 Å². The average Bonchev–Trinajstić information content (AvgIpc) is 3.14. The van der Waals surface area contributed by atoms with Crippen molar-refractivity contribution in [1.29, 1.82) is 0 Å². The molecule has 0 aliphatic rings. The molecule has 0 aromatic rings. The van der Waals surface area contributed by atoms with Crippen LogP contribution < -0.4 is 0 Å². The van der Waals surface area contributed by atoms with Gasteiger partial charge in [0, 0.05) is 19.3 Å². The minimum absolute atomic E-state index is 0.0664. The molecule has 0 aliphatic carbocycles. The number of esters is 3. The monoisotopic (exact) mass is 765 g/mol. The second-order valence-corrected chi connectivity index (χ2v) is 17.6. The van der Waals surface area contributed by atoms with E-state index in [0.29, 0.717) is 19.3 Å². The first-order valence-corrected chi connectivity index (χ1v) is 23.6. The van der Waals surface area contributed by atoms with Crippen molar-refractivity contribution in [2.45, 2.75) is 260 Å². The first kappa shape index (κ1) is 52.4. The number of ether oxygens (including phenoxy) is 3. The maximum atomic E-state index is 12.7. The molecular weight excluding hydrogens is 673 g/mol. The van der Waals surface area contributed by atoms with Gasteiger partial charge in [0.15, 0.2) is 6.10 Å². The molecule has 0 saturated carbocycles. The molecule has 0 amide bonds. The molecule has 6 nitrogen and oxygen atoms in total. The zero-order valence-electron chi connectivity index (χ0n) is 37.0. The molecule has 0 aromatic heterocycles. The largest absolute Gasteiger partial charge is 0.462 e. The number of carbonyl (C=O) groups excluding carboxylic acids is 3. The summed E-state index contributed by atoms with van der Waals surface area (Å²) in [7, 11) is 0. The highest BCUT2D eigenvalue weighted by atomic mass is 16.6. The zero-order valence-corrected chi connectivity index (χ0v) is 37.0. The maximum absolute atomic E-state index is 12.7. The fourth-order valence-electron chi connectivity index (χ4n) is 7.02. The van der Waals surface area contributed by atoms with E-state index in [1.54, 1.807) is 0 Å². The first-order chi connectivity index (χ1) is 26.1. The van der Waals surface area contributed by atoms with E-state index in [1.807, 2.05) is 0 Å². The molecule has 0 rings (SSSR count). The van der Waals surface area contributed by atoms with Gasteiger partial charge in [-0.1, -0.05) is 215 Å². The van der Waals surface area contributed by atoms with Crippen LogP contribution in [0.15, 0.2) is 0 Å². The normalized spacial score (nSPS) is 12.7. The van der Waals surface area contributed by atoms with E-state index < -0.39 is 6.10 Å². The van der Waals surface area contributed by atoms with Crippen LogP contribution in [0, 0.1) is 17.8 Å². The number of rotatable bonds is 41. The summed E-state index contributed by atoms with van der Waals surface area (Å²) >= 11 is 0. The Kier molecular flexibility index (Phi) is 38.5. The van der Waals surface area contributed by atoms with E-state index in [2.05, 4.69) is 41.5 Å². The van der Waals surface area contributed by atoms with Gasteiger partial charge in [0.05, 0.1) is 0 Å². The van der Waals surface area contributed by atoms with Crippen molar-refractivity contribution in [3.63, 3.8) is 0 Å². The Balaban J connectivity index is 4.35. The zero-order chi connectivity index (χ0) is 39.9. The highest BCUT2D eigenvalue weighted by molar-refractivity contribution is 5.71. The molecule has 0 aromatic carbocycles. The lowest BCUT2D eigenvalue weighted by atomic mass is 10.00. The van der Waals surface area contributed by atoms with Crippen LogP contribution in [0.1, 0.15) is 253 Å². The Morgan fingerprint density at radius 2 is 0.648 bits per heavy atom. The van der Waals surface area contributed by atoms with Crippen molar-refractivity contribution in [1.82, 2.24) is 0 Å². The molecule has 0 N–H and O–H groups in total. The van der Waals surface area contributed by atoms with Gasteiger partial charge in [-0.15, -0.1) is 0 Å². The molecule has 6 heteroatoms. The molecule has 320 valence electrons. The summed E-state index contributed by atoms with van der Waals surface area (Å²) in [5, 5.41) is 0. The summed E-state index contributed by atoms with van der Waals surface area (Å²) in [5.74, 6) is 1.58. The predicted octanol–water partition coefficient (Wildman–Crippen LogP) is 14.8. The Bertz CT molecular complexity index is 839. The molecule has 0 heterocycles. The van der Waals surface area contributed by atoms with E-state index >= 15 is 0 Å². The van der Waals surface area contributed by atoms with Crippen LogP contribution in [-0.4, -0.2) is 37.2 Å². The average molecular weight is 765 g/mol. The second-order valence-electron chi connectivity index (χ2n) is 17.6. The summed E-state index contributed by atoms with van der Waals surface area (Å²) in [5.41, 5.74) is 0. The van der Waals surface area contributed by atoms with Crippen LogP contribution in [0.5, 0.6) is 0 Å². The summed E-state index contributed by atoms with van der Waals surface area (Å²) < 4.78 is 16.7. The molecule has 0 saturated heterocycles. The van der Waals surface area contributed by atoms with Gasteiger partial charge in [-0.25, -0.2) is 0 Å². The van der Waals surface area contributed by atoms with Crippen LogP contribution >= 0.6 is 0 Å². The lowest BCUT2D eigenvalue weighted by Crippen LogP contribution is -2.30. The van der Waals surface area contributed by atoms with Crippen LogP contribution in [-0.2, 0) is 28.6 Å². The van der Waals surface area contributed by atoms with Gasteiger partial charge in [0.25, 0.3) is 0 Å². The lowest BCUT2D eigenvalue weighted by molar-refractivity contribution is -0.167. The van der Waals surface area contributed by atoms with E-state index in [1.165, 1.54) is 135 Å². The molecule has 0 aliphatic heterocycles. The van der Waals surface area contributed by atoms with Crippen molar-refractivity contribution >= 4 is 17.9 Å². The van der Waals surface area contributed by atoms with Crippen molar-refractivity contribution in [2.24, 2.45) is 17.8 Å². The van der Waals surface area contributed by atoms with Gasteiger partial charge >= 0.3 is 17.9 Å². The lowest BCUT2D eigenvalue weighted by Gasteiger charge is -2.18. The molecule has 54 heavy (non-hydrogen) atoms. The highest BCUT2D eigenvalue weighted by Gasteiger charge is 2.19. The standard InChI is InChI=1S/C48H92O6/c1-7-44(6)36-30-24-20-21-26-32-38-47(50)53-41-45(40-52-46(49)37-31-25-18-15-11-13-17-23-29-35-43(4)5)54-48(51)39-33-27-19-14-10-8-9-12-16-22-28-34-42(2)3/h42-45H,7-41H2,1-6H3/t44?,45-/m0/s1. The Labute approximate surface area is 336 Å². The number of hydrogen-bond acceptors (Lipinski definition) is 6. The Hall–Kier alpha value is -1.59. The van der Waals surface area contributed by atoms with Crippen molar-refractivity contribution in [3.8, 4) is 0 Å². The quantitative estimate of drug-likeness (QED) is 0.0350. The topological polar surface area (TPSA) is 78.9 Å². The minimum Gasteiger partial charge on any atom is -0.462 e. The van der Waals surface area contributed by atoms with E-state index in [4.69, 9.17) is 14.2 Å².